The molecule has 0 saturated carbocycles. The van der Waals surface area contributed by atoms with Gasteiger partial charge in [-0.1, -0.05) is 13.8 Å². The van der Waals surface area contributed by atoms with Crippen LogP contribution in [0.4, 0.5) is 0 Å². The molecule has 82 valence electrons. The third kappa shape index (κ3) is 3.03. The first-order valence-electron chi connectivity index (χ1n) is 5.00. The van der Waals surface area contributed by atoms with E-state index < -0.39 is 0 Å². The Hall–Kier alpha value is -1.03. The Morgan fingerprint density at radius 3 is 2.64 bits per heavy atom. The van der Waals surface area contributed by atoms with Gasteiger partial charge in [0.05, 0.1) is 12.6 Å². The molecule has 2 N–H and O–H groups in total. The number of likely N-dealkylation sites (tertiary alicyclic amines) is 1. The van der Waals surface area contributed by atoms with Crippen molar-refractivity contribution in [2.75, 3.05) is 13.2 Å². The molecule has 0 amide bonds. The van der Waals surface area contributed by atoms with E-state index in [4.69, 9.17) is 10.2 Å². The van der Waals surface area contributed by atoms with Crippen molar-refractivity contribution in [1.82, 2.24) is 4.90 Å². The normalized spacial score (nSPS) is 21.5. The van der Waals surface area contributed by atoms with Gasteiger partial charge in [0, 0.05) is 6.54 Å². The van der Waals surface area contributed by atoms with Crippen LogP contribution in [0.15, 0.2) is 12.0 Å². The van der Waals surface area contributed by atoms with E-state index in [1.807, 2.05) is 13.8 Å². The van der Waals surface area contributed by atoms with Gasteiger partial charge in [0.1, 0.15) is 12.0 Å². The van der Waals surface area contributed by atoms with Crippen LogP contribution >= 0.6 is 0 Å². The lowest BCUT2D eigenvalue weighted by Gasteiger charge is -2.23. The van der Waals surface area contributed by atoms with Crippen molar-refractivity contribution in [1.29, 1.82) is 0 Å². The van der Waals surface area contributed by atoms with Gasteiger partial charge in [-0.3, -0.25) is 4.79 Å². The zero-order valence-corrected chi connectivity index (χ0v) is 8.81. The highest BCUT2D eigenvalue weighted by molar-refractivity contribution is 5.71. The van der Waals surface area contributed by atoms with Crippen molar-refractivity contribution in [3.05, 3.63) is 12.0 Å². The van der Waals surface area contributed by atoms with Crippen LogP contribution < -0.4 is 0 Å². The number of nitrogens with zero attached hydrogens (tertiary/aromatic N) is 1. The summed E-state index contributed by atoms with van der Waals surface area (Å²) in [7, 11) is 0. The lowest BCUT2D eigenvalue weighted by molar-refractivity contribution is -0.106. The van der Waals surface area contributed by atoms with Gasteiger partial charge in [-0.15, -0.1) is 0 Å². The number of aliphatic hydroxyl groups excluding tert-OH is 2. The predicted octanol–water partition coefficient (Wildman–Crippen LogP) is 1.07. The van der Waals surface area contributed by atoms with Gasteiger partial charge < -0.3 is 15.1 Å². The second-order valence-corrected chi connectivity index (χ2v) is 2.84. The third-order valence-corrected chi connectivity index (χ3v) is 2.17. The number of allylic oxidation sites excluding steroid dienone is 1. The molecule has 0 aromatic rings. The maximum absolute atomic E-state index is 10.4. The van der Waals surface area contributed by atoms with Crippen LogP contribution in [0.1, 0.15) is 26.7 Å². The van der Waals surface area contributed by atoms with Gasteiger partial charge in [-0.25, -0.2) is 0 Å². The minimum absolute atomic E-state index is 0.00593. The van der Waals surface area contributed by atoms with E-state index in [1.54, 1.807) is 4.90 Å². The molecule has 4 heteroatoms. The summed E-state index contributed by atoms with van der Waals surface area (Å²) < 4.78 is 0. The largest absolute Gasteiger partial charge is 0.513 e. The maximum Gasteiger partial charge on any atom is 0.169 e. The smallest absolute Gasteiger partial charge is 0.169 e. The van der Waals surface area contributed by atoms with Crippen LogP contribution in [0, 0.1) is 0 Å². The molecule has 1 unspecified atom stereocenters. The van der Waals surface area contributed by atoms with Crippen molar-refractivity contribution in [2.24, 2.45) is 0 Å². The van der Waals surface area contributed by atoms with Crippen LogP contribution in [-0.2, 0) is 4.79 Å². The number of hydrogen-bond acceptors (Lipinski definition) is 4. The summed E-state index contributed by atoms with van der Waals surface area (Å²) in [6.07, 6.45) is 3.23. The third-order valence-electron chi connectivity index (χ3n) is 2.17. The van der Waals surface area contributed by atoms with Crippen molar-refractivity contribution in [2.45, 2.75) is 32.7 Å². The average Bonchev–Trinajstić information content (AvgIpc) is 2.71. The molecule has 0 bridgehead atoms. The molecular formula is C10H19NO3. The van der Waals surface area contributed by atoms with Gasteiger partial charge in [-0.05, 0) is 12.8 Å². The summed E-state index contributed by atoms with van der Waals surface area (Å²) in [5.74, 6) is 0. The summed E-state index contributed by atoms with van der Waals surface area (Å²) in [6.45, 7) is 4.77. The quantitative estimate of drug-likeness (QED) is 0.407. The molecule has 4 nitrogen and oxygen atoms in total. The Labute approximate surface area is 84.8 Å². The molecule has 1 aliphatic rings. The molecule has 14 heavy (non-hydrogen) atoms. The van der Waals surface area contributed by atoms with E-state index in [-0.39, 0.29) is 18.3 Å². The first-order valence-corrected chi connectivity index (χ1v) is 5.00. The number of carbonyl (C=O) groups excluding carboxylic acids is 1. The van der Waals surface area contributed by atoms with Crippen molar-refractivity contribution >= 4 is 6.29 Å². The molecule has 1 aliphatic heterocycles. The molecule has 1 fully saturated rings. The van der Waals surface area contributed by atoms with E-state index >= 15 is 0 Å². The summed E-state index contributed by atoms with van der Waals surface area (Å²) in [4.78, 5) is 12.2. The molecule has 0 spiro atoms. The average molecular weight is 201 g/mol. The maximum atomic E-state index is 10.4. The van der Waals surface area contributed by atoms with Gasteiger partial charge in [0.25, 0.3) is 0 Å². The molecule has 1 heterocycles. The Bertz CT molecular complexity index is 192. The molecule has 1 rings (SSSR count). The standard InChI is InChI=1S/C8H13NO3.C2H6/c10-4-7-2-1-3-9(7)8(5-11)6-12;1-2/h5-7,10-11H,1-4H2;1-2H3/b8-5+;. The van der Waals surface area contributed by atoms with E-state index in [2.05, 4.69) is 0 Å². The lowest BCUT2D eigenvalue weighted by atomic mass is 10.2. The second kappa shape index (κ2) is 7.38. The zero-order chi connectivity index (χ0) is 11.0. The Morgan fingerprint density at radius 2 is 2.21 bits per heavy atom. The fourth-order valence-electron chi connectivity index (χ4n) is 1.54. The van der Waals surface area contributed by atoms with Gasteiger partial charge >= 0.3 is 0 Å². The zero-order valence-electron chi connectivity index (χ0n) is 8.81. The van der Waals surface area contributed by atoms with Crippen molar-refractivity contribution in [3.63, 3.8) is 0 Å². The molecule has 0 radical (unpaired) electrons. The first kappa shape index (κ1) is 13.0. The highest BCUT2D eigenvalue weighted by Crippen LogP contribution is 2.20. The lowest BCUT2D eigenvalue weighted by Crippen LogP contribution is -2.32. The monoisotopic (exact) mass is 201 g/mol. The number of aldehydes is 1. The van der Waals surface area contributed by atoms with Crippen molar-refractivity contribution < 1.29 is 15.0 Å². The highest BCUT2D eigenvalue weighted by atomic mass is 16.3. The molecule has 0 aromatic heterocycles. The number of aliphatic hydroxyl groups is 2. The Morgan fingerprint density at radius 1 is 1.57 bits per heavy atom. The van der Waals surface area contributed by atoms with E-state index in [0.29, 0.717) is 6.29 Å². The van der Waals surface area contributed by atoms with E-state index in [1.165, 1.54) is 0 Å². The molecular weight excluding hydrogens is 182 g/mol. The van der Waals surface area contributed by atoms with Crippen LogP contribution in [0.2, 0.25) is 0 Å². The summed E-state index contributed by atoms with van der Waals surface area (Å²) in [5, 5.41) is 17.6. The number of carbonyl (C=O) groups is 1. The fraction of sp³-hybridized carbons (Fsp3) is 0.700. The van der Waals surface area contributed by atoms with Crippen molar-refractivity contribution in [3.8, 4) is 0 Å². The van der Waals surface area contributed by atoms with Gasteiger partial charge in [0.2, 0.25) is 0 Å². The molecule has 0 aliphatic carbocycles. The summed E-state index contributed by atoms with van der Waals surface area (Å²) in [6, 6.07) is -0.00593. The number of hydrogen-bond donors (Lipinski definition) is 2. The predicted molar refractivity (Wildman–Crippen MR) is 54.9 cm³/mol. The van der Waals surface area contributed by atoms with Crippen LogP contribution in [0.5, 0.6) is 0 Å². The topological polar surface area (TPSA) is 60.8 Å². The summed E-state index contributed by atoms with van der Waals surface area (Å²) in [5.41, 5.74) is 0.256. The fourth-order valence-corrected chi connectivity index (χ4v) is 1.54. The van der Waals surface area contributed by atoms with Crippen LogP contribution in [-0.4, -0.2) is 40.6 Å². The van der Waals surface area contributed by atoms with Crippen LogP contribution in [0.3, 0.4) is 0 Å². The second-order valence-electron chi connectivity index (χ2n) is 2.84. The SMILES string of the molecule is CC.O=C/C(=C\O)N1CCCC1CO. The minimum Gasteiger partial charge on any atom is -0.513 e. The highest BCUT2D eigenvalue weighted by Gasteiger charge is 2.25. The minimum atomic E-state index is -0.00593. The Kier molecular flexibility index (Phi) is 6.84. The van der Waals surface area contributed by atoms with Gasteiger partial charge in [-0.2, -0.15) is 0 Å². The molecule has 1 atom stereocenters. The first-order chi connectivity index (χ1) is 6.83. The van der Waals surface area contributed by atoms with Gasteiger partial charge in [0.15, 0.2) is 6.29 Å². The van der Waals surface area contributed by atoms with Crippen LogP contribution in [0.25, 0.3) is 0 Å². The van der Waals surface area contributed by atoms with E-state index in [9.17, 15) is 4.79 Å². The summed E-state index contributed by atoms with van der Waals surface area (Å²) >= 11 is 0. The Balaban J connectivity index is 0.000000791. The molecule has 1 saturated heterocycles. The number of rotatable bonds is 3. The molecule has 0 aromatic carbocycles. The van der Waals surface area contributed by atoms with E-state index in [0.717, 1.165) is 25.6 Å².